The molecule has 8 heteroatoms. The molecule has 0 bridgehead atoms. The van der Waals surface area contributed by atoms with E-state index in [0.29, 0.717) is 25.2 Å². The summed E-state index contributed by atoms with van der Waals surface area (Å²) in [6.45, 7) is 10.2. The van der Waals surface area contributed by atoms with Crippen LogP contribution in [0.1, 0.15) is 43.1 Å². The maximum Gasteiger partial charge on any atom is 0.254 e. The van der Waals surface area contributed by atoms with Gasteiger partial charge in [-0.25, -0.2) is 4.99 Å². The average molecular weight is 518 g/mol. The first-order valence-corrected chi connectivity index (χ1v) is 10.1. The second kappa shape index (κ2) is 13.8. The summed E-state index contributed by atoms with van der Waals surface area (Å²) in [7, 11) is 1.70. The molecule has 1 aromatic carbocycles. The second-order valence-electron chi connectivity index (χ2n) is 7.13. The fraction of sp³-hybridized carbons (Fsp3) is 0.619. The number of nitrogens with one attached hydrogen (secondary N) is 2. The van der Waals surface area contributed by atoms with Crippen LogP contribution in [0.15, 0.2) is 29.3 Å². The van der Waals surface area contributed by atoms with Crippen molar-refractivity contribution in [2.75, 3.05) is 39.9 Å². The summed E-state index contributed by atoms with van der Waals surface area (Å²) in [5.74, 6) is 0.847. The van der Waals surface area contributed by atoms with Crippen LogP contribution in [0.4, 0.5) is 0 Å². The monoisotopic (exact) mass is 518 g/mol. The Morgan fingerprint density at radius 1 is 1.21 bits per heavy atom. The standard InChI is InChI=1S/C21H34N4O3.HI/c1-5-22-21(23-11-6-12-27-4)24-13-18-7-9-19(10-8-18)20(26)25-14-16(2)28-17(3)15-25;/h7-10,16-17H,5-6,11-15H2,1-4H3,(H2,22,23,24);1H. The summed E-state index contributed by atoms with van der Waals surface area (Å²) in [5, 5.41) is 6.53. The number of hydrogen-bond donors (Lipinski definition) is 2. The van der Waals surface area contributed by atoms with Crippen LogP contribution in [0, 0.1) is 0 Å². The fourth-order valence-corrected chi connectivity index (χ4v) is 3.21. The Labute approximate surface area is 191 Å². The highest BCUT2D eigenvalue weighted by molar-refractivity contribution is 14.0. The molecule has 0 radical (unpaired) electrons. The van der Waals surface area contributed by atoms with Crippen molar-refractivity contribution in [3.8, 4) is 0 Å². The summed E-state index contributed by atoms with van der Waals surface area (Å²) in [5.41, 5.74) is 1.77. The van der Waals surface area contributed by atoms with Crippen molar-refractivity contribution in [3.05, 3.63) is 35.4 Å². The SMILES string of the molecule is CCNC(=NCc1ccc(C(=O)N2CC(C)OC(C)C2)cc1)NCCCOC.I. The Morgan fingerprint density at radius 3 is 2.45 bits per heavy atom. The van der Waals surface area contributed by atoms with Gasteiger partial charge in [0.1, 0.15) is 0 Å². The number of methoxy groups -OCH3 is 1. The van der Waals surface area contributed by atoms with Crippen LogP contribution in [0.5, 0.6) is 0 Å². The van der Waals surface area contributed by atoms with E-state index in [2.05, 4.69) is 15.6 Å². The highest BCUT2D eigenvalue weighted by Gasteiger charge is 2.26. The number of amides is 1. The molecule has 7 nitrogen and oxygen atoms in total. The van der Waals surface area contributed by atoms with Gasteiger partial charge in [0.15, 0.2) is 5.96 Å². The van der Waals surface area contributed by atoms with E-state index < -0.39 is 0 Å². The average Bonchev–Trinajstić information content (AvgIpc) is 2.68. The van der Waals surface area contributed by atoms with Gasteiger partial charge in [-0.15, -0.1) is 24.0 Å². The van der Waals surface area contributed by atoms with Crippen LogP contribution in [-0.4, -0.2) is 68.9 Å². The van der Waals surface area contributed by atoms with E-state index in [9.17, 15) is 4.79 Å². The third-order valence-corrected chi connectivity index (χ3v) is 4.49. The van der Waals surface area contributed by atoms with Crippen LogP contribution >= 0.6 is 24.0 Å². The van der Waals surface area contributed by atoms with Crippen molar-refractivity contribution >= 4 is 35.8 Å². The van der Waals surface area contributed by atoms with Gasteiger partial charge in [-0.1, -0.05) is 12.1 Å². The minimum Gasteiger partial charge on any atom is -0.385 e. The predicted molar refractivity (Wildman–Crippen MR) is 127 cm³/mol. The Morgan fingerprint density at radius 2 is 1.86 bits per heavy atom. The summed E-state index contributed by atoms with van der Waals surface area (Å²) in [6.07, 6.45) is 1.07. The lowest BCUT2D eigenvalue weighted by atomic mass is 10.1. The van der Waals surface area contributed by atoms with Gasteiger partial charge in [-0.05, 0) is 44.9 Å². The molecular weight excluding hydrogens is 483 g/mol. The van der Waals surface area contributed by atoms with E-state index in [1.165, 1.54) is 0 Å². The number of hydrogen-bond acceptors (Lipinski definition) is 4. The van der Waals surface area contributed by atoms with E-state index in [4.69, 9.17) is 9.47 Å². The van der Waals surface area contributed by atoms with Crippen molar-refractivity contribution in [2.24, 2.45) is 4.99 Å². The molecule has 1 amide bonds. The van der Waals surface area contributed by atoms with E-state index in [1.54, 1.807) is 7.11 Å². The number of rotatable bonds is 8. The fourth-order valence-electron chi connectivity index (χ4n) is 3.21. The zero-order chi connectivity index (χ0) is 20.4. The molecule has 2 unspecified atom stereocenters. The van der Waals surface area contributed by atoms with Gasteiger partial charge in [-0.2, -0.15) is 0 Å². The van der Waals surface area contributed by atoms with Gasteiger partial charge < -0.3 is 25.0 Å². The molecule has 1 aromatic rings. The summed E-state index contributed by atoms with van der Waals surface area (Å²) >= 11 is 0. The molecule has 2 rings (SSSR count). The largest absolute Gasteiger partial charge is 0.385 e. The van der Waals surface area contributed by atoms with Crippen LogP contribution < -0.4 is 10.6 Å². The maximum absolute atomic E-state index is 12.7. The first kappa shape index (κ1) is 25.6. The lowest BCUT2D eigenvalue weighted by Gasteiger charge is -2.35. The molecule has 0 saturated carbocycles. The molecule has 1 aliphatic rings. The topological polar surface area (TPSA) is 75.2 Å². The number of morpholine rings is 1. The number of ether oxygens (including phenoxy) is 2. The minimum absolute atomic E-state index is 0. The highest BCUT2D eigenvalue weighted by Crippen LogP contribution is 2.15. The van der Waals surface area contributed by atoms with Gasteiger partial charge in [0.2, 0.25) is 0 Å². The van der Waals surface area contributed by atoms with Gasteiger partial charge in [0.05, 0.1) is 18.8 Å². The molecule has 0 aliphatic carbocycles. The van der Waals surface area contributed by atoms with E-state index >= 15 is 0 Å². The van der Waals surface area contributed by atoms with Gasteiger partial charge in [0, 0.05) is 45.5 Å². The first-order chi connectivity index (χ1) is 13.5. The molecule has 164 valence electrons. The Balaban J connectivity index is 0.00000420. The third kappa shape index (κ3) is 8.88. The van der Waals surface area contributed by atoms with Crippen LogP contribution in [0.3, 0.4) is 0 Å². The molecule has 1 saturated heterocycles. The number of halogens is 1. The summed E-state index contributed by atoms with van der Waals surface area (Å²) < 4.78 is 10.8. The zero-order valence-electron chi connectivity index (χ0n) is 17.9. The normalized spacial score (nSPS) is 19.4. The molecule has 2 atom stereocenters. The number of aliphatic imine (C=N–C) groups is 1. The van der Waals surface area contributed by atoms with Crippen molar-refractivity contribution in [1.29, 1.82) is 0 Å². The van der Waals surface area contributed by atoms with Crippen molar-refractivity contribution in [2.45, 2.75) is 45.9 Å². The summed E-state index contributed by atoms with van der Waals surface area (Å²) in [4.78, 5) is 19.2. The van der Waals surface area contributed by atoms with Gasteiger partial charge in [-0.3, -0.25) is 4.79 Å². The predicted octanol–water partition coefficient (Wildman–Crippen LogP) is 2.65. The Kier molecular flexibility index (Phi) is 12.2. The molecule has 0 spiro atoms. The molecule has 1 fully saturated rings. The number of carbonyl (C=O) groups excluding carboxylic acids is 1. The molecule has 1 aliphatic heterocycles. The van der Waals surface area contributed by atoms with E-state index in [1.807, 2.05) is 49.9 Å². The molecule has 29 heavy (non-hydrogen) atoms. The number of nitrogens with zero attached hydrogens (tertiary/aromatic N) is 2. The van der Waals surface area contributed by atoms with E-state index in [0.717, 1.165) is 37.6 Å². The third-order valence-electron chi connectivity index (χ3n) is 4.49. The molecule has 2 N–H and O–H groups in total. The second-order valence-corrected chi connectivity index (χ2v) is 7.13. The number of carbonyl (C=O) groups is 1. The molecule has 0 aromatic heterocycles. The maximum atomic E-state index is 12.7. The van der Waals surface area contributed by atoms with Crippen molar-refractivity contribution in [3.63, 3.8) is 0 Å². The molecule has 1 heterocycles. The minimum atomic E-state index is 0. The Hall–Kier alpha value is -1.39. The van der Waals surface area contributed by atoms with Crippen LogP contribution in [0.2, 0.25) is 0 Å². The van der Waals surface area contributed by atoms with Crippen LogP contribution in [0.25, 0.3) is 0 Å². The van der Waals surface area contributed by atoms with Gasteiger partial charge >= 0.3 is 0 Å². The summed E-state index contributed by atoms with van der Waals surface area (Å²) in [6, 6.07) is 7.71. The number of guanidine groups is 1. The quantitative estimate of drug-likeness (QED) is 0.240. The lowest BCUT2D eigenvalue weighted by molar-refractivity contribution is -0.0586. The lowest BCUT2D eigenvalue weighted by Crippen LogP contribution is -2.48. The first-order valence-electron chi connectivity index (χ1n) is 10.1. The highest BCUT2D eigenvalue weighted by atomic mass is 127. The van der Waals surface area contributed by atoms with Crippen LogP contribution in [-0.2, 0) is 16.0 Å². The van der Waals surface area contributed by atoms with E-state index in [-0.39, 0.29) is 42.1 Å². The smallest absolute Gasteiger partial charge is 0.254 e. The zero-order valence-corrected chi connectivity index (χ0v) is 20.3. The van der Waals surface area contributed by atoms with Gasteiger partial charge in [0.25, 0.3) is 5.91 Å². The van der Waals surface area contributed by atoms with Crippen molar-refractivity contribution in [1.82, 2.24) is 15.5 Å². The molecular formula is C21H35IN4O3. The van der Waals surface area contributed by atoms with Crippen molar-refractivity contribution < 1.29 is 14.3 Å². The number of benzene rings is 1. The Bertz CT molecular complexity index is 629.